The molecule has 0 saturated carbocycles. The number of rotatable bonds is 3. The molecule has 0 radical (unpaired) electrons. The highest BCUT2D eigenvalue weighted by Crippen LogP contribution is 2.25. The van der Waals surface area contributed by atoms with Crippen LogP contribution >= 0.6 is 0 Å². The van der Waals surface area contributed by atoms with E-state index in [9.17, 15) is 4.79 Å². The number of morpholine rings is 1. The van der Waals surface area contributed by atoms with Gasteiger partial charge in [0.2, 0.25) is 5.91 Å². The monoisotopic (exact) mass is 224 g/mol. The predicted molar refractivity (Wildman–Crippen MR) is 60.6 cm³/mol. The molecule has 0 aromatic rings. The average molecular weight is 224 g/mol. The maximum atomic E-state index is 12.3. The minimum Gasteiger partial charge on any atom is -0.377 e. The molecule has 0 aromatic heterocycles. The summed E-state index contributed by atoms with van der Waals surface area (Å²) in [6, 6.07) is 2.26. The third kappa shape index (κ3) is 2.35. The number of ether oxygens (including phenoxy) is 1. The van der Waals surface area contributed by atoms with Gasteiger partial charge in [0.25, 0.3) is 0 Å². The molecule has 1 saturated heterocycles. The van der Waals surface area contributed by atoms with Crippen LogP contribution in [-0.2, 0) is 9.53 Å². The summed E-state index contributed by atoms with van der Waals surface area (Å²) in [6.45, 7) is 7.41. The van der Waals surface area contributed by atoms with Gasteiger partial charge in [-0.3, -0.25) is 4.79 Å². The summed E-state index contributed by atoms with van der Waals surface area (Å²) >= 11 is 0. The van der Waals surface area contributed by atoms with Crippen molar-refractivity contribution in [2.45, 2.75) is 39.7 Å². The van der Waals surface area contributed by atoms with E-state index in [-0.39, 0.29) is 11.9 Å². The summed E-state index contributed by atoms with van der Waals surface area (Å²) in [5, 5.41) is 9.12. The Bertz CT molecular complexity index is 298. The van der Waals surface area contributed by atoms with E-state index >= 15 is 0 Å². The zero-order valence-electron chi connectivity index (χ0n) is 10.3. The Balaban J connectivity index is 2.82. The number of nitrogens with zero attached hydrogens (tertiary/aromatic N) is 2. The molecule has 2 atom stereocenters. The average Bonchev–Trinajstić information content (AvgIpc) is 2.36. The molecule has 16 heavy (non-hydrogen) atoms. The van der Waals surface area contributed by atoms with E-state index in [0.29, 0.717) is 26.2 Å². The molecule has 90 valence electrons. The third-order valence-electron chi connectivity index (χ3n) is 3.39. The Kier molecular flexibility index (Phi) is 4.31. The first kappa shape index (κ1) is 13.0. The summed E-state index contributed by atoms with van der Waals surface area (Å²) in [4.78, 5) is 14.1. The lowest BCUT2D eigenvalue weighted by Crippen LogP contribution is -2.52. The number of hydrogen-bond donors (Lipinski definition) is 0. The van der Waals surface area contributed by atoms with Crippen molar-refractivity contribution in [1.82, 2.24) is 4.90 Å². The van der Waals surface area contributed by atoms with Crippen LogP contribution in [0, 0.1) is 16.7 Å². The molecular formula is C12H20N2O2. The molecule has 1 rings (SSSR count). The number of carbonyl (C=O) groups excluding carboxylic acids is 1. The van der Waals surface area contributed by atoms with E-state index in [4.69, 9.17) is 10.00 Å². The van der Waals surface area contributed by atoms with Gasteiger partial charge in [-0.1, -0.05) is 13.8 Å². The Morgan fingerprint density at radius 2 is 2.31 bits per heavy atom. The van der Waals surface area contributed by atoms with Gasteiger partial charge < -0.3 is 9.64 Å². The van der Waals surface area contributed by atoms with E-state index in [2.05, 4.69) is 6.07 Å². The van der Waals surface area contributed by atoms with Crippen molar-refractivity contribution in [3.63, 3.8) is 0 Å². The molecule has 0 N–H and O–H groups in total. The quantitative estimate of drug-likeness (QED) is 0.731. The van der Waals surface area contributed by atoms with Crippen molar-refractivity contribution in [3.8, 4) is 6.07 Å². The van der Waals surface area contributed by atoms with Crippen molar-refractivity contribution in [3.05, 3.63) is 0 Å². The largest absolute Gasteiger partial charge is 0.377 e. The van der Waals surface area contributed by atoms with Crippen LogP contribution in [0.3, 0.4) is 0 Å². The van der Waals surface area contributed by atoms with Crippen molar-refractivity contribution in [2.75, 3.05) is 19.8 Å². The number of amides is 1. The van der Waals surface area contributed by atoms with Gasteiger partial charge in [-0.25, -0.2) is 0 Å². The molecule has 1 amide bonds. The van der Waals surface area contributed by atoms with E-state index in [1.807, 2.05) is 18.7 Å². The lowest BCUT2D eigenvalue weighted by atomic mass is 9.87. The van der Waals surface area contributed by atoms with Crippen LogP contribution in [0.25, 0.3) is 0 Å². The van der Waals surface area contributed by atoms with Crippen LogP contribution in [0.4, 0.5) is 0 Å². The van der Waals surface area contributed by atoms with Gasteiger partial charge in [0.1, 0.15) is 5.41 Å². The second kappa shape index (κ2) is 5.31. The van der Waals surface area contributed by atoms with Crippen molar-refractivity contribution < 1.29 is 9.53 Å². The highest BCUT2D eigenvalue weighted by molar-refractivity contribution is 5.85. The molecule has 1 aliphatic rings. The molecule has 0 spiro atoms. The van der Waals surface area contributed by atoms with Crippen LogP contribution in [0.2, 0.25) is 0 Å². The van der Waals surface area contributed by atoms with Gasteiger partial charge in [0, 0.05) is 6.54 Å². The summed E-state index contributed by atoms with van der Waals surface area (Å²) in [5.74, 6) is -0.0485. The predicted octanol–water partition coefficient (Wildman–Crippen LogP) is 1.56. The van der Waals surface area contributed by atoms with Crippen molar-refractivity contribution in [2.24, 2.45) is 5.41 Å². The van der Waals surface area contributed by atoms with E-state index in [1.165, 1.54) is 0 Å². The first-order valence-corrected chi connectivity index (χ1v) is 5.89. The highest BCUT2D eigenvalue weighted by Gasteiger charge is 2.38. The Morgan fingerprint density at radius 1 is 1.62 bits per heavy atom. The SMILES string of the molecule is CCC1COCCN1C(=O)C(C)(C#N)CC. The lowest BCUT2D eigenvalue weighted by molar-refractivity contribution is -0.147. The fraction of sp³-hybridized carbons (Fsp3) is 0.833. The summed E-state index contributed by atoms with van der Waals surface area (Å²) < 4.78 is 5.36. The van der Waals surface area contributed by atoms with Gasteiger partial charge in [0.05, 0.1) is 25.3 Å². The molecule has 1 heterocycles. The standard InChI is InChI=1S/C12H20N2O2/c1-4-10-8-16-7-6-14(10)11(15)12(3,5-2)9-13/h10H,4-8H2,1-3H3. The van der Waals surface area contributed by atoms with E-state index in [1.54, 1.807) is 6.92 Å². The first-order valence-electron chi connectivity index (χ1n) is 5.89. The maximum Gasteiger partial charge on any atom is 0.243 e. The lowest BCUT2D eigenvalue weighted by Gasteiger charge is -2.38. The summed E-state index contributed by atoms with van der Waals surface area (Å²) in [7, 11) is 0. The smallest absolute Gasteiger partial charge is 0.243 e. The molecule has 1 aliphatic heterocycles. The molecule has 4 heteroatoms. The van der Waals surface area contributed by atoms with Gasteiger partial charge >= 0.3 is 0 Å². The van der Waals surface area contributed by atoms with Gasteiger partial charge in [-0.05, 0) is 19.8 Å². The molecule has 0 aromatic carbocycles. The summed E-state index contributed by atoms with van der Waals surface area (Å²) in [5.41, 5.74) is -0.884. The van der Waals surface area contributed by atoms with E-state index in [0.717, 1.165) is 6.42 Å². The van der Waals surface area contributed by atoms with E-state index < -0.39 is 5.41 Å². The molecular weight excluding hydrogens is 204 g/mol. The molecule has 1 fully saturated rings. The second-order valence-corrected chi connectivity index (χ2v) is 4.43. The Labute approximate surface area is 97.2 Å². The normalized spacial score (nSPS) is 24.6. The second-order valence-electron chi connectivity index (χ2n) is 4.43. The fourth-order valence-electron chi connectivity index (χ4n) is 1.86. The van der Waals surface area contributed by atoms with Gasteiger partial charge in [-0.2, -0.15) is 5.26 Å². The fourth-order valence-corrected chi connectivity index (χ4v) is 1.86. The van der Waals surface area contributed by atoms with Crippen LogP contribution < -0.4 is 0 Å². The number of nitriles is 1. The van der Waals surface area contributed by atoms with Crippen LogP contribution in [0.5, 0.6) is 0 Å². The zero-order chi connectivity index (χ0) is 12.2. The van der Waals surface area contributed by atoms with Crippen LogP contribution in [-0.4, -0.2) is 36.6 Å². The summed E-state index contributed by atoms with van der Waals surface area (Å²) in [6.07, 6.45) is 1.42. The van der Waals surface area contributed by atoms with Crippen molar-refractivity contribution >= 4 is 5.91 Å². The molecule has 4 nitrogen and oxygen atoms in total. The minimum atomic E-state index is -0.884. The highest BCUT2D eigenvalue weighted by atomic mass is 16.5. The van der Waals surface area contributed by atoms with Gasteiger partial charge in [0.15, 0.2) is 0 Å². The van der Waals surface area contributed by atoms with Gasteiger partial charge in [-0.15, -0.1) is 0 Å². The molecule has 0 aliphatic carbocycles. The number of hydrogen-bond acceptors (Lipinski definition) is 3. The Hall–Kier alpha value is -1.08. The number of carbonyl (C=O) groups is 1. The Morgan fingerprint density at radius 3 is 2.81 bits per heavy atom. The molecule has 0 bridgehead atoms. The van der Waals surface area contributed by atoms with Crippen LogP contribution in [0.1, 0.15) is 33.6 Å². The zero-order valence-corrected chi connectivity index (χ0v) is 10.3. The maximum absolute atomic E-state index is 12.3. The van der Waals surface area contributed by atoms with Crippen LogP contribution in [0.15, 0.2) is 0 Å². The first-order chi connectivity index (χ1) is 7.59. The topological polar surface area (TPSA) is 53.3 Å². The third-order valence-corrected chi connectivity index (χ3v) is 3.39. The minimum absolute atomic E-state index is 0.0485. The molecule has 2 unspecified atom stereocenters. The van der Waals surface area contributed by atoms with Crippen molar-refractivity contribution in [1.29, 1.82) is 5.26 Å².